The fourth-order valence-corrected chi connectivity index (χ4v) is 3.08. The number of hydrogen-bond donors (Lipinski definition) is 2. The Hall–Kier alpha value is -3.96. The van der Waals surface area contributed by atoms with Crippen LogP contribution in [-0.4, -0.2) is 35.4 Å². The molecular formula is C21H20F3N3O6. The molecule has 2 aromatic carbocycles. The third kappa shape index (κ3) is 6.76. The number of nitrogens with two attached hydrogens (primary N) is 1. The van der Waals surface area contributed by atoms with Crippen molar-refractivity contribution in [1.29, 1.82) is 0 Å². The van der Waals surface area contributed by atoms with Gasteiger partial charge in [-0.25, -0.2) is 0 Å². The van der Waals surface area contributed by atoms with Crippen LogP contribution >= 0.6 is 0 Å². The van der Waals surface area contributed by atoms with Crippen LogP contribution in [0.5, 0.6) is 0 Å². The quantitative estimate of drug-likeness (QED) is 0.330. The van der Waals surface area contributed by atoms with Gasteiger partial charge in [0.1, 0.15) is 6.04 Å². The zero-order valence-electron chi connectivity index (χ0n) is 17.3. The maximum Gasteiger partial charge on any atom is 0.416 e. The molecule has 0 unspecified atom stereocenters. The number of rotatable bonds is 9. The number of carbonyl (C=O) groups excluding carboxylic acids is 3. The van der Waals surface area contributed by atoms with Crippen molar-refractivity contribution in [3.05, 3.63) is 75.3 Å². The van der Waals surface area contributed by atoms with Gasteiger partial charge in [0.05, 0.1) is 23.5 Å². The van der Waals surface area contributed by atoms with Crippen molar-refractivity contribution in [2.75, 3.05) is 6.61 Å². The first-order valence-corrected chi connectivity index (χ1v) is 9.61. The predicted octanol–water partition coefficient (Wildman–Crippen LogP) is 2.93. The van der Waals surface area contributed by atoms with Gasteiger partial charge in [0, 0.05) is 23.6 Å². The molecule has 0 aliphatic carbocycles. The number of nitrogens with zero attached hydrogens (tertiary/aromatic N) is 1. The van der Waals surface area contributed by atoms with Gasteiger partial charge in [-0.05, 0) is 36.8 Å². The first-order chi connectivity index (χ1) is 15.4. The summed E-state index contributed by atoms with van der Waals surface area (Å²) in [7, 11) is 0. The number of primary amides is 1. The van der Waals surface area contributed by atoms with E-state index in [1.54, 1.807) is 6.92 Å². The molecule has 0 aliphatic rings. The minimum atomic E-state index is -4.59. The number of nitro groups is 1. The Kier molecular flexibility index (Phi) is 8.10. The molecular weight excluding hydrogens is 447 g/mol. The Balaban J connectivity index is 2.35. The predicted molar refractivity (Wildman–Crippen MR) is 109 cm³/mol. The van der Waals surface area contributed by atoms with Gasteiger partial charge in [-0.1, -0.05) is 12.1 Å². The molecule has 0 fully saturated rings. The van der Waals surface area contributed by atoms with Gasteiger partial charge in [0.2, 0.25) is 5.91 Å². The molecule has 9 nitrogen and oxygen atoms in total. The van der Waals surface area contributed by atoms with Crippen LogP contribution in [0.1, 0.15) is 40.7 Å². The van der Waals surface area contributed by atoms with E-state index in [9.17, 15) is 37.7 Å². The third-order valence-electron chi connectivity index (χ3n) is 4.69. The summed E-state index contributed by atoms with van der Waals surface area (Å²) in [6.45, 7) is 1.61. The largest absolute Gasteiger partial charge is 0.466 e. The number of ether oxygens (including phenoxy) is 1. The Bertz CT molecular complexity index is 1020. The van der Waals surface area contributed by atoms with Crippen LogP contribution in [0.3, 0.4) is 0 Å². The molecule has 176 valence electrons. The highest BCUT2D eigenvalue weighted by molar-refractivity contribution is 5.97. The van der Waals surface area contributed by atoms with E-state index < -0.39 is 52.8 Å². The van der Waals surface area contributed by atoms with Gasteiger partial charge >= 0.3 is 12.1 Å². The van der Waals surface area contributed by atoms with Gasteiger partial charge in [0.25, 0.3) is 11.6 Å². The second-order valence-corrected chi connectivity index (χ2v) is 6.89. The Morgan fingerprint density at radius 2 is 1.67 bits per heavy atom. The van der Waals surface area contributed by atoms with Crippen molar-refractivity contribution in [2.45, 2.75) is 31.5 Å². The zero-order chi connectivity index (χ0) is 24.8. The molecule has 33 heavy (non-hydrogen) atoms. The average Bonchev–Trinajstić information content (AvgIpc) is 2.75. The van der Waals surface area contributed by atoms with E-state index >= 15 is 0 Å². The molecule has 2 rings (SSSR count). The lowest BCUT2D eigenvalue weighted by molar-refractivity contribution is -0.384. The van der Waals surface area contributed by atoms with Crippen LogP contribution in [0.25, 0.3) is 0 Å². The van der Waals surface area contributed by atoms with Crippen molar-refractivity contribution < 1.29 is 37.2 Å². The summed E-state index contributed by atoms with van der Waals surface area (Å²) in [5.41, 5.74) is 4.36. The van der Waals surface area contributed by atoms with Gasteiger partial charge in [-0.3, -0.25) is 24.5 Å². The summed E-state index contributed by atoms with van der Waals surface area (Å²) in [4.78, 5) is 47.2. The highest BCUT2D eigenvalue weighted by atomic mass is 19.4. The maximum absolute atomic E-state index is 12.7. The number of halogens is 3. The molecule has 0 saturated heterocycles. The number of amides is 2. The van der Waals surface area contributed by atoms with Gasteiger partial charge < -0.3 is 15.8 Å². The first kappa shape index (κ1) is 25.3. The fourth-order valence-electron chi connectivity index (χ4n) is 3.08. The number of benzene rings is 2. The summed E-state index contributed by atoms with van der Waals surface area (Å²) in [6, 6.07) is 6.74. The second kappa shape index (κ2) is 10.6. The highest BCUT2D eigenvalue weighted by Gasteiger charge is 2.33. The van der Waals surface area contributed by atoms with E-state index in [1.807, 2.05) is 0 Å². The molecule has 2 atom stereocenters. The van der Waals surface area contributed by atoms with E-state index in [-0.39, 0.29) is 23.4 Å². The van der Waals surface area contributed by atoms with E-state index in [0.717, 1.165) is 24.3 Å². The normalized spacial score (nSPS) is 13.0. The van der Waals surface area contributed by atoms with E-state index in [1.165, 1.54) is 12.1 Å². The van der Waals surface area contributed by atoms with E-state index in [4.69, 9.17) is 10.5 Å². The maximum atomic E-state index is 12.7. The standard InChI is InChI=1S/C21H20F3N3O6/c1-2-33-17(28)11-16(12-5-9-15(10-6-12)27(31)32)18(19(25)29)26-20(30)13-3-7-14(8-4-13)21(22,23)24/h3-10,16,18H,2,11H2,1H3,(H2,25,29)(H,26,30)/t16-,18+/m0/s1. The van der Waals surface area contributed by atoms with E-state index in [2.05, 4.69) is 5.32 Å². The lowest BCUT2D eigenvalue weighted by Gasteiger charge is -2.25. The van der Waals surface area contributed by atoms with Crippen LogP contribution < -0.4 is 11.1 Å². The van der Waals surface area contributed by atoms with Crippen LogP contribution in [0.15, 0.2) is 48.5 Å². The molecule has 2 amide bonds. The fraction of sp³-hybridized carbons (Fsp3) is 0.286. The van der Waals surface area contributed by atoms with Crippen molar-refractivity contribution in [1.82, 2.24) is 5.32 Å². The van der Waals surface area contributed by atoms with Crippen molar-refractivity contribution >= 4 is 23.5 Å². The number of non-ortho nitro benzene ring substituents is 1. The Morgan fingerprint density at radius 1 is 1.09 bits per heavy atom. The molecule has 0 aromatic heterocycles. The summed E-state index contributed by atoms with van der Waals surface area (Å²) < 4.78 is 43.1. The molecule has 0 heterocycles. The Labute approximate surface area is 185 Å². The molecule has 0 bridgehead atoms. The number of carbonyl (C=O) groups is 3. The number of nitro benzene ring substituents is 1. The first-order valence-electron chi connectivity index (χ1n) is 9.61. The van der Waals surface area contributed by atoms with Crippen LogP contribution in [0.2, 0.25) is 0 Å². The molecule has 0 aliphatic heterocycles. The lowest BCUT2D eigenvalue weighted by Crippen LogP contribution is -2.48. The van der Waals surface area contributed by atoms with Crippen LogP contribution in [-0.2, 0) is 20.5 Å². The van der Waals surface area contributed by atoms with Crippen LogP contribution in [0.4, 0.5) is 18.9 Å². The number of nitrogens with one attached hydrogen (secondary N) is 1. The topological polar surface area (TPSA) is 142 Å². The minimum absolute atomic E-state index is 0.0466. The lowest BCUT2D eigenvalue weighted by atomic mass is 9.87. The second-order valence-electron chi connectivity index (χ2n) is 6.89. The molecule has 2 aromatic rings. The average molecular weight is 467 g/mol. The Morgan fingerprint density at radius 3 is 2.12 bits per heavy atom. The summed E-state index contributed by atoms with van der Waals surface area (Å²) in [5, 5.41) is 13.2. The summed E-state index contributed by atoms with van der Waals surface area (Å²) >= 11 is 0. The number of alkyl halides is 3. The molecule has 3 N–H and O–H groups in total. The van der Waals surface area contributed by atoms with E-state index in [0.29, 0.717) is 12.1 Å². The summed E-state index contributed by atoms with van der Waals surface area (Å²) in [6.07, 6.45) is -4.99. The smallest absolute Gasteiger partial charge is 0.416 e. The highest BCUT2D eigenvalue weighted by Crippen LogP contribution is 2.30. The van der Waals surface area contributed by atoms with Gasteiger partial charge in [-0.2, -0.15) is 13.2 Å². The SMILES string of the molecule is CCOC(=O)C[C@@H](c1ccc([N+](=O)[O-])cc1)[C@@H](NC(=O)c1ccc(C(F)(F)F)cc1)C(N)=O. The van der Waals surface area contributed by atoms with Crippen molar-refractivity contribution in [3.8, 4) is 0 Å². The minimum Gasteiger partial charge on any atom is -0.466 e. The molecule has 0 saturated carbocycles. The zero-order valence-corrected chi connectivity index (χ0v) is 17.3. The third-order valence-corrected chi connectivity index (χ3v) is 4.69. The molecule has 0 spiro atoms. The number of esters is 1. The van der Waals surface area contributed by atoms with Gasteiger partial charge in [0.15, 0.2) is 0 Å². The van der Waals surface area contributed by atoms with Crippen molar-refractivity contribution in [2.24, 2.45) is 5.73 Å². The van der Waals surface area contributed by atoms with Crippen molar-refractivity contribution in [3.63, 3.8) is 0 Å². The van der Waals surface area contributed by atoms with Crippen LogP contribution in [0, 0.1) is 10.1 Å². The summed E-state index contributed by atoms with van der Waals surface area (Å²) in [5.74, 6) is -3.69. The molecule has 0 radical (unpaired) electrons. The van der Waals surface area contributed by atoms with Gasteiger partial charge in [-0.15, -0.1) is 0 Å². The monoisotopic (exact) mass is 467 g/mol. The molecule has 12 heteroatoms. The number of hydrogen-bond acceptors (Lipinski definition) is 6.